The van der Waals surface area contributed by atoms with E-state index in [1.165, 1.54) is 0 Å². The van der Waals surface area contributed by atoms with Gasteiger partial charge in [-0.05, 0) is 42.7 Å². The molecule has 0 atom stereocenters. The lowest BCUT2D eigenvalue weighted by atomic mass is 10.0. The molecule has 0 spiro atoms. The molecule has 6 heteroatoms. The molecule has 0 saturated heterocycles. The third-order valence-corrected chi connectivity index (χ3v) is 3.31. The van der Waals surface area contributed by atoms with Crippen molar-refractivity contribution in [2.75, 3.05) is 0 Å². The summed E-state index contributed by atoms with van der Waals surface area (Å²) in [5.74, 6) is -0.609. The Morgan fingerprint density at radius 3 is 2.38 bits per heavy atom. The SMILES string of the molecule is CCc1nnc(Oc2ccc(Cl)cc2)c(C(=O)O)c1CC. The number of ether oxygens (including phenoxy) is 1. The molecule has 0 radical (unpaired) electrons. The van der Waals surface area contributed by atoms with Crippen molar-refractivity contribution in [3.05, 3.63) is 46.1 Å². The minimum Gasteiger partial charge on any atom is -0.477 e. The van der Waals surface area contributed by atoms with Crippen LogP contribution in [0.2, 0.25) is 5.02 Å². The summed E-state index contributed by atoms with van der Waals surface area (Å²) in [5, 5.41) is 18.0. The van der Waals surface area contributed by atoms with Gasteiger partial charge in [0.2, 0.25) is 0 Å². The van der Waals surface area contributed by atoms with Crippen molar-refractivity contribution in [2.45, 2.75) is 26.7 Å². The summed E-state index contributed by atoms with van der Waals surface area (Å²) in [7, 11) is 0. The number of aromatic nitrogens is 2. The summed E-state index contributed by atoms with van der Waals surface area (Å²) in [6.45, 7) is 3.79. The molecular weight excluding hydrogens is 292 g/mol. The Hall–Kier alpha value is -2.14. The number of benzene rings is 1. The lowest BCUT2D eigenvalue weighted by Crippen LogP contribution is -2.11. The van der Waals surface area contributed by atoms with Gasteiger partial charge in [0, 0.05) is 5.02 Å². The van der Waals surface area contributed by atoms with Crippen LogP contribution in [0.15, 0.2) is 24.3 Å². The number of hydrogen-bond donors (Lipinski definition) is 1. The number of carboxylic acids is 1. The van der Waals surface area contributed by atoms with Crippen LogP contribution in [0.1, 0.15) is 35.5 Å². The van der Waals surface area contributed by atoms with E-state index in [0.29, 0.717) is 34.9 Å². The molecule has 0 aliphatic rings. The molecule has 0 amide bonds. The van der Waals surface area contributed by atoms with Crippen LogP contribution < -0.4 is 4.74 Å². The average molecular weight is 307 g/mol. The van der Waals surface area contributed by atoms with E-state index in [1.54, 1.807) is 24.3 Å². The first-order valence-corrected chi connectivity index (χ1v) is 6.99. The van der Waals surface area contributed by atoms with Gasteiger partial charge in [0.05, 0.1) is 5.69 Å². The first-order chi connectivity index (χ1) is 10.1. The maximum absolute atomic E-state index is 11.5. The summed E-state index contributed by atoms with van der Waals surface area (Å²) in [6, 6.07) is 6.61. The molecule has 2 rings (SSSR count). The molecule has 0 saturated carbocycles. The number of aromatic carboxylic acids is 1. The number of nitrogens with zero attached hydrogens (tertiary/aromatic N) is 2. The van der Waals surface area contributed by atoms with Crippen LogP contribution in [0.3, 0.4) is 0 Å². The van der Waals surface area contributed by atoms with E-state index >= 15 is 0 Å². The highest BCUT2D eigenvalue weighted by Crippen LogP contribution is 2.28. The van der Waals surface area contributed by atoms with Crippen LogP contribution in [0.5, 0.6) is 11.6 Å². The number of aryl methyl sites for hydroxylation is 1. The Morgan fingerprint density at radius 1 is 1.19 bits per heavy atom. The zero-order valence-corrected chi connectivity index (χ0v) is 12.5. The van der Waals surface area contributed by atoms with Gasteiger partial charge in [0.1, 0.15) is 11.3 Å². The zero-order valence-electron chi connectivity index (χ0n) is 11.8. The number of hydrogen-bond acceptors (Lipinski definition) is 4. The van der Waals surface area contributed by atoms with Crippen molar-refractivity contribution in [2.24, 2.45) is 0 Å². The fourth-order valence-electron chi connectivity index (χ4n) is 2.06. The van der Waals surface area contributed by atoms with E-state index in [0.717, 1.165) is 0 Å². The topological polar surface area (TPSA) is 72.3 Å². The summed E-state index contributed by atoms with van der Waals surface area (Å²) >= 11 is 5.81. The second-order valence-corrected chi connectivity index (χ2v) is 4.81. The van der Waals surface area contributed by atoms with Gasteiger partial charge < -0.3 is 9.84 Å². The Morgan fingerprint density at radius 2 is 1.86 bits per heavy atom. The minimum absolute atomic E-state index is 0.00104. The molecule has 5 nitrogen and oxygen atoms in total. The third kappa shape index (κ3) is 3.31. The van der Waals surface area contributed by atoms with E-state index < -0.39 is 5.97 Å². The fourth-order valence-corrected chi connectivity index (χ4v) is 2.19. The van der Waals surface area contributed by atoms with Gasteiger partial charge in [-0.15, -0.1) is 5.10 Å². The minimum atomic E-state index is -1.07. The van der Waals surface area contributed by atoms with Crippen LogP contribution in [0.25, 0.3) is 0 Å². The summed E-state index contributed by atoms with van der Waals surface area (Å²) in [4.78, 5) is 11.5. The van der Waals surface area contributed by atoms with Crippen molar-refractivity contribution in [1.82, 2.24) is 10.2 Å². The first kappa shape index (κ1) is 15.3. The van der Waals surface area contributed by atoms with E-state index in [2.05, 4.69) is 10.2 Å². The molecule has 0 aliphatic heterocycles. The molecule has 21 heavy (non-hydrogen) atoms. The molecule has 1 aromatic heterocycles. The Labute approximate surface area is 127 Å². The highest BCUT2D eigenvalue weighted by atomic mass is 35.5. The van der Waals surface area contributed by atoms with Crippen LogP contribution in [0.4, 0.5) is 0 Å². The normalized spacial score (nSPS) is 10.4. The van der Waals surface area contributed by atoms with Crippen LogP contribution >= 0.6 is 11.6 Å². The number of carbonyl (C=O) groups is 1. The molecule has 1 heterocycles. The summed E-state index contributed by atoms with van der Waals surface area (Å²) in [5.41, 5.74) is 1.40. The van der Waals surface area contributed by atoms with Crippen LogP contribution in [-0.4, -0.2) is 21.3 Å². The maximum atomic E-state index is 11.5. The van der Waals surface area contributed by atoms with Crippen LogP contribution in [-0.2, 0) is 12.8 Å². The molecule has 0 bridgehead atoms. The standard InChI is InChI=1S/C15H15ClN2O3/c1-3-11-12(4-2)17-18-14(13(11)15(19)20)21-10-7-5-9(16)6-8-10/h5-8H,3-4H2,1-2H3,(H,19,20). The van der Waals surface area contributed by atoms with E-state index in [9.17, 15) is 9.90 Å². The summed E-state index contributed by atoms with van der Waals surface area (Å²) in [6.07, 6.45) is 1.18. The number of rotatable bonds is 5. The quantitative estimate of drug-likeness (QED) is 0.911. The maximum Gasteiger partial charge on any atom is 0.341 e. The summed E-state index contributed by atoms with van der Waals surface area (Å²) < 4.78 is 5.55. The molecule has 1 aromatic carbocycles. The van der Waals surface area contributed by atoms with E-state index in [-0.39, 0.29) is 11.4 Å². The van der Waals surface area contributed by atoms with Gasteiger partial charge in [-0.25, -0.2) is 4.79 Å². The van der Waals surface area contributed by atoms with Gasteiger partial charge in [-0.3, -0.25) is 0 Å². The lowest BCUT2D eigenvalue weighted by molar-refractivity contribution is 0.0691. The van der Waals surface area contributed by atoms with Crippen molar-refractivity contribution in [3.8, 4) is 11.6 Å². The molecule has 110 valence electrons. The van der Waals surface area contributed by atoms with Gasteiger partial charge >= 0.3 is 5.97 Å². The molecule has 0 unspecified atom stereocenters. The van der Waals surface area contributed by atoms with Crippen molar-refractivity contribution in [3.63, 3.8) is 0 Å². The Bertz CT molecular complexity index is 657. The average Bonchev–Trinajstić information content (AvgIpc) is 2.48. The smallest absolute Gasteiger partial charge is 0.341 e. The predicted octanol–water partition coefficient (Wildman–Crippen LogP) is 3.75. The monoisotopic (exact) mass is 306 g/mol. The lowest BCUT2D eigenvalue weighted by Gasteiger charge is -2.12. The molecule has 1 N–H and O–H groups in total. The van der Waals surface area contributed by atoms with Gasteiger partial charge in [0.25, 0.3) is 5.88 Å². The van der Waals surface area contributed by atoms with Crippen molar-refractivity contribution < 1.29 is 14.6 Å². The number of halogens is 1. The Balaban J connectivity index is 2.48. The van der Waals surface area contributed by atoms with Crippen molar-refractivity contribution >= 4 is 17.6 Å². The first-order valence-electron chi connectivity index (χ1n) is 6.61. The molecule has 2 aromatic rings. The molecular formula is C15H15ClN2O3. The molecule has 0 aliphatic carbocycles. The van der Waals surface area contributed by atoms with E-state index in [1.807, 2.05) is 13.8 Å². The third-order valence-electron chi connectivity index (χ3n) is 3.06. The van der Waals surface area contributed by atoms with Crippen LogP contribution in [0, 0.1) is 0 Å². The molecule has 0 fully saturated rings. The second-order valence-electron chi connectivity index (χ2n) is 4.37. The second kappa shape index (κ2) is 6.54. The van der Waals surface area contributed by atoms with Gasteiger partial charge in [0.15, 0.2) is 0 Å². The van der Waals surface area contributed by atoms with Gasteiger partial charge in [-0.2, -0.15) is 5.10 Å². The predicted molar refractivity (Wildman–Crippen MR) is 79.3 cm³/mol. The highest BCUT2D eigenvalue weighted by Gasteiger charge is 2.22. The Kier molecular flexibility index (Phi) is 4.75. The fraction of sp³-hybridized carbons (Fsp3) is 0.267. The highest BCUT2D eigenvalue weighted by molar-refractivity contribution is 6.30. The number of carboxylic acid groups (broad SMARTS) is 1. The van der Waals surface area contributed by atoms with Gasteiger partial charge in [-0.1, -0.05) is 25.4 Å². The van der Waals surface area contributed by atoms with E-state index in [4.69, 9.17) is 16.3 Å². The van der Waals surface area contributed by atoms with Crippen molar-refractivity contribution in [1.29, 1.82) is 0 Å². The largest absolute Gasteiger partial charge is 0.477 e. The zero-order chi connectivity index (χ0) is 15.4.